The molecular formula is C36H45BrN8O7. The van der Waals surface area contributed by atoms with Gasteiger partial charge in [-0.05, 0) is 82.8 Å². The van der Waals surface area contributed by atoms with E-state index in [0.29, 0.717) is 36.9 Å². The fraction of sp³-hybridized carbons (Fsp3) is 0.472. The molecule has 5 heterocycles. The number of nitrogens with zero attached hydrogens (tertiary/aromatic N) is 8. The third-order valence-corrected chi connectivity index (χ3v) is 10.8. The number of piperidine rings is 2. The molecule has 0 aliphatic carbocycles. The van der Waals surface area contributed by atoms with Crippen LogP contribution in [0.4, 0.5) is 4.79 Å². The zero-order valence-electron chi connectivity index (χ0n) is 30.3. The van der Waals surface area contributed by atoms with Crippen LogP contribution in [0.3, 0.4) is 0 Å². The third kappa shape index (κ3) is 7.67. The normalized spacial score (nSPS) is 16.8. The number of carbonyl (C=O) groups excluding carboxylic acids is 1. The Kier molecular flexibility index (Phi) is 11.7. The quantitative estimate of drug-likeness (QED) is 0.132. The molecule has 1 N–H and O–H groups in total. The molecule has 0 atom stereocenters. The number of hydrogen-bond acceptors (Lipinski definition) is 9. The van der Waals surface area contributed by atoms with Gasteiger partial charge in [0.05, 0.1) is 12.0 Å². The Morgan fingerprint density at radius 1 is 1.08 bits per heavy atom. The van der Waals surface area contributed by atoms with Crippen molar-refractivity contribution in [2.45, 2.75) is 58.9 Å². The van der Waals surface area contributed by atoms with Crippen molar-refractivity contribution in [3.63, 3.8) is 0 Å². The molecule has 4 aromatic rings. The number of carboxylic acid groups (broad SMARTS) is 1. The summed E-state index contributed by atoms with van der Waals surface area (Å²) in [5, 5.41) is 25.3. The Hall–Kier alpha value is -4.83. The molecule has 278 valence electrons. The highest BCUT2D eigenvalue weighted by Gasteiger charge is 2.40. The van der Waals surface area contributed by atoms with Crippen LogP contribution in [0.2, 0.25) is 0 Å². The van der Waals surface area contributed by atoms with Crippen molar-refractivity contribution < 1.29 is 24.3 Å². The van der Waals surface area contributed by atoms with Crippen molar-refractivity contribution in [1.29, 1.82) is 0 Å². The predicted octanol–water partition coefficient (Wildman–Crippen LogP) is 3.81. The van der Waals surface area contributed by atoms with Crippen LogP contribution < -0.4 is 16.0 Å². The number of imidazole rings is 1. The summed E-state index contributed by atoms with van der Waals surface area (Å²) in [5.41, 5.74) is 2.53. The minimum atomic E-state index is -1.60. The molecule has 0 saturated carbocycles. The summed E-state index contributed by atoms with van der Waals surface area (Å²) >= 11 is 3.52. The van der Waals surface area contributed by atoms with Crippen LogP contribution in [-0.4, -0.2) is 89.6 Å². The van der Waals surface area contributed by atoms with Crippen LogP contribution in [0.15, 0.2) is 62.1 Å². The number of likely N-dealkylation sites (tertiary alicyclic amines) is 2. The van der Waals surface area contributed by atoms with Gasteiger partial charge in [0.1, 0.15) is 12.2 Å². The van der Waals surface area contributed by atoms with Gasteiger partial charge in [-0.15, -0.1) is 0 Å². The summed E-state index contributed by atoms with van der Waals surface area (Å²) in [7, 11) is 2.91. The van der Waals surface area contributed by atoms with E-state index in [9.17, 15) is 24.4 Å². The Balaban J connectivity index is 0.000000272. The smallest absolute Gasteiger partial charge is 0.422 e. The predicted molar refractivity (Wildman–Crippen MR) is 199 cm³/mol. The van der Waals surface area contributed by atoms with Gasteiger partial charge in [0.2, 0.25) is 5.69 Å². The van der Waals surface area contributed by atoms with Crippen LogP contribution in [0, 0.1) is 25.0 Å². The standard InChI is InChI=1S/C28H37BrN4O3.C8H8N4O4/c1-5-36-30-26(22-6-8-24(29)9-7-22)23-11-15-32(16-12-23)28(4)13-18-31(19-14-28)27(34)25-20(2)10-17-33(35)21(25)3;1-10-3-9-5-4(10)6(13)12(8(15)16)7(14)11(5)2/h6-10,17,23H,5,11-16,18-19H2,1-4H3;3H,1-2H3,(H,15,16)/b30-26-;. The average Bonchev–Trinajstić information content (AvgIpc) is 3.52. The molecule has 0 radical (unpaired) electrons. The van der Waals surface area contributed by atoms with Crippen molar-refractivity contribution in [1.82, 2.24) is 28.5 Å². The first kappa shape index (κ1) is 38.4. The number of aryl methyl sites for hydroxylation is 3. The number of aromatic nitrogens is 5. The largest absolute Gasteiger partial charge is 0.618 e. The first-order valence-corrected chi connectivity index (χ1v) is 18.0. The second kappa shape index (κ2) is 15.8. The van der Waals surface area contributed by atoms with Gasteiger partial charge < -0.3 is 24.6 Å². The number of rotatable bonds is 6. The van der Waals surface area contributed by atoms with Crippen LogP contribution >= 0.6 is 15.9 Å². The Bertz CT molecular complexity index is 2110. The molecule has 6 rings (SSSR count). The Morgan fingerprint density at radius 2 is 1.71 bits per heavy atom. The fourth-order valence-corrected chi connectivity index (χ4v) is 7.35. The van der Waals surface area contributed by atoms with Crippen LogP contribution in [0.5, 0.6) is 0 Å². The summed E-state index contributed by atoms with van der Waals surface area (Å²) in [6.45, 7) is 11.9. The molecule has 52 heavy (non-hydrogen) atoms. The SMILES string of the molecule is CCO/N=C(/c1ccc(Br)cc1)C1CCN(C2(C)CCN(C(=O)c3c(C)cc[n+]([O-])c3C)CC2)CC1.Cn1cnc2c1c(=O)n(C(=O)O)c(=O)n2C. The highest BCUT2D eigenvalue weighted by Crippen LogP contribution is 2.34. The minimum absolute atomic E-state index is 0.0257. The van der Waals surface area contributed by atoms with Crippen LogP contribution in [-0.2, 0) is 18.9 Å². The lowest BCUT2D eigenvalue weighted by molar-refractivity contribution is -0.612. The topological polar surface area (TPSA) is 171 Å². The van der Waals surface area contributed by atoms with Gasteiger partial charge in [0.15, 0.2) is 17.4 Å². The molecule has 16 heteroatoms. The fourth-order valence-electron chi connectivity index (χ4n) is 7.08. The highest BCUT2D eigenvalue weighted by atomic mass is 79.9. The van der Waals surface area contributed by atoms with Crippen molar-refractivity contribution >= 4 is 44.8 Å². The zero-order valence-corrected chi connectivity index (χ0v) is 31.9. The summed E-state index contributed by atoms with van der Waals surface area (Å²) < 4.78 is 4.39. The van der Waals surface area contributed by atoms with E-state index in [-0.39, 0.29) is 27.2 Å². The molecule has 0 bridgehead atoms. The lowest BCUT2D eigenvalue weighted by Crippen LogP contribution is -2.57. The number of pyridine rings is 1. The molecule has 15 nitrogen and oxygen atoms in total. The third-order valence-electron chi connectivity index (χ3n) is 10.3. The van der Waals surface area contributed by atoms with Gasteiger partial charge in [-0.3, -0.25) is 19.1 Å². The first-order valence-electron chi connectivity index (χ1n) is 17.2. The first-order chi connectivity index (χ1) is 24.7. The monoisotopic (exact) mass is 780 g/mol. The van der Waals surface area contributed by atoms with E-state index in [1.54, 1.807) is 20.0 Å². The molecule has 2 aliphatic rings. The number of halogens is 1. The average molecular weight is 782 g/mol. The number of fused-ring (bicyclic) bond motifs is 1. The summed E-state index contributed by atoms with van der Waals surface area (Å²) in [5.74, 6) is 0.337. The number of carbonyl (C=O) groups is 2. The number of benzene rings is 1. The van der Waals surface area contributed by atoms with E-state index in [4.69, 9.17) is 9.94 Å². The van der Waals surface area contributed by atoms with Gasteiger partial charge in [-0.1, -0.05) is 33.2 Å². The molecule has 2 fully saturated rings. The van der Waals surface area contributed by atoms with Crippen molar-refractivity contribution in [3.8, 4) is 0 Å². The van der Waals surface area contributed by atoms with Crippen LogP contribution in [0.25, 0.3) is 11.2 Å². The van der Waals surface area contributed by atoms with E-state index in [1.165, 1.54) is 24.1 Å². The number of hydrogen-bond donors (Lipinski definition) is 1. The summed E-state index contributed by atoms with van der Waals surface area (Å²) in [4.78, 5) is 61.2. The summed E-state index contributed by atoms with van der Waals surface area (Å²) in [6.07, 6.45) is 5.14. The van der Waals surface area contributed by atoms with Gasteiger partial charge in [0, 0.05) is 56.1 Å². The van der Waals surface area contributed by atoms with E-state index >= 15 is 0 Å². The Morgan fingerprint density at radius 3 is 2.31 bits per heavy atom. The molecule has 0 spiro atoms. The minimum Gasteiger partial charge on any atom is -0.618 e. The Labute approximate surface area is 309 Å². The maximum Gasteiger partial charge on any atom is 0.422 e. The molecule has 1 aromatic carbocycles. The molecule has 3 aromatic heterocycles. The lowest BCUT2D eigenvalue weighted by atomic mass is 9.82. The molecule has 2 aliphatic heterocycles. The van der Waals surface area contributed by atoms with Crippen molar-refractivity contribution in [3.05, 3.63) is 95.8 Å². The van der Waals surface area contributed by atoms with Gasteiger partial charge in [-0.2, -0.15) is 9.30 Å². The highest BCUT2D eigenvalue weighted by molar-refractivity contribution is 9.10. The van der Waals surface area contributed by atoms with E-state index < -0.39 is 17.3 Å². The molecule has 1 amide bonds. The molecular weight excluding hydrogens is 736 g/mol. The van der Waals surface area contributed by atoms with Gasteiger partial charge in [0.25, 0.3) is 11.5 Å². The molecule has 0 unspecified atom stereocenters. The van der Waals surface area contributed by atoms with Gasteiger partial charge in [-0.25, -0.2) is 14.6 Å². The second-order valence-electron chi connectivity index (χ2n) is 13.5. The second-order valence-corrected chi connectivity index (χ2v) is 14.4. The van der Waals surface area contributed by atoms with Crippen LogP contribution in [0.1, 0.15) is 66.7 Å². The zero-order chi connectivity index (χ0) is 37.9. The van der Waals surface area contributed by atoms with Crippen molar-refractivity contribution in [2.24, 2.45) is 25.2 Å². The summed E-state index contributed by atoms with van der Waals surface area (Å²) in [6, 6.07) is 10.0. The maximum atomic E-state index is 13.3. The van der Waals surface area contributed by atoms with E-state index in [2.05, 4.69) is 62.2 Å². The molecule has 2 saturated heterocycles. The van der Waals surface area contributed by atoms with E-state index in [0.717, 1.165) is 69.4 Å². The number of amides is 1. The van der Waals surface area contributed by atoms with Crippen molar-refractivity contribution in [2.75, 3.05) is 32.8 Å². The maximum absolute atomic E-state index is 13.3. The van der Waals surface area contributed by atoms with Gasteiger partial charge >= 0.3 is 11.8 Å². The lowest BCUT2D eigenvalue weighted by Gasteiger charge is -2.49. The van der Waals surface area contributed by atoms with E-state index in [1.807, 2.05) is 18.7 Å². The number of oxime groups is 1.